The average Bonchev–Trinajstić information content (AvgIpc) is 2.71. The lowest BCUT2D eigenvalue weighted by Crippen LogP contribution is -2.30. The second-order valence-corrected chi connectivity index (χ2v) is 3.61. The van der Waals surface area contributed by atoms with Gasteiger partial charge in [-0.25, -0.2) is 4.79 Å². The van der Waals surface area contributed by atoms with Crippen LogP contribution in [-0.2, 0) is 9.53 Å². The number of para-hydroxylation sites is 1. The van der Waals surface area contributed by atoms with Gasteiger partial charge in [0.15, 0.2) is 0 Å². The molecule has 1 aliphatic rings. The molecule has 1 aromatic rings. The number of anilines is 1. The van der Waals surface area contributed by atoms with Crippen LogP contribution >= 0.6 is 0 Å². The normalized spacial score (nSPS) is 14.4. The smallest absolute Gasteiger partial charge is 0.412 e. The van der Waals surface area contributed by atoms with Gasteiger partial charge in [-0.2, -0.15) is 10.1 Å². The van der Waals surface area contributed by atoms with E-state index in [1.807, 2.05) is 18.2 Å². The minimum absolute atomic E-state index is 0.0632. The molecule has 6 nitrogen and oxygen atoms in total. The third kappa shape index (κ3) is 2.65. The van der Waals surface area contributed by atoms with Gasteiger partial charge in [0.2, 0.25) is 0 Å². The Kier molecular flexibility index (Phi) is 3.57. The summed E-state index contributed by atoms with van der Waals surface area (Å²) in [4.78, 5) is 22.9. The number of ether oxygens (including phenoxy) is 1. The van der Waals surface area contributed by atoms with E-state index in [0.29, 0.717) is 11.5 Å². The Hall–Kier alpha value is -2.37. The summed E-state index contributed by atoms with van der Waals surface area (Å²) in [5.41, 5.74) is 0.670. The third-order valence-electron chi connectivity index (χ3n) is 2.30. The van der Waals surface area contributed by atoms with E-state index in [-0.39, 0.29) is 18.9 Å². The quantitative estimate of drug-likeness (QED) is 0.860. The van der Waals surface area contributed by atoms with E-state index in [9.17, 15) is 9.59 Å². The summed E-state index contributed by atoms with van der Waals surface area (Å²) in [6.45, 7) is 1.98. The molecule has 0 saturated heterocycles. The first-order chi connectivity index (χ1) is 8.70. The maximum atomic E-state index is 11.7. The minimum atomic E-state index is -0.598. The predicted molar refractivity (Wildman–Crippen MR) is 66.1 cm³/mol. The predicted octanol–water partition coefficient (Wildman–Crippen LogP) is 1.48. The van der Waals surface area contributed by atoms with Crippen molar-refractivity contribution in [2.24, 2.45) is 5.10 Å². The van der Waals surface area contributed by atoms with Crippen LogP contribution in [0.2, 0.25) is 0 Å². The van der Waals surface area contributed by atoms with Crippen molar-refractivity contribution >= 4 is 23.5 Å². The molecular weight excluding hydrogens is 234 g/mol. The van der Waals surface area contributed by atoms with Crippen molar-refractivity contribution in [2.45, 2.75) is 13.3 Å². The van der Waals surface area contributed by atoms with Crippen LogP contribution in [0.1, 0.15) is 13.3 Å². The number of benzene rings is 1. The van der Waals surface area contributed by atoms with Crippen LogP contribution in [-0.4, -0.2) is 24.4 Å². The highest BCUT2D eigenvalue weighted by Crippen LogP contribution is 2.18. The lowest BCUT2D eigenvalue weighted by atomic mass is 10.3. The summed E-state index contributed by atoms with van der Waals surface area (Å²) in [5, 5.41) is 7.75. The Balaban J connectivity index is 2.08. The van der Waals surface area contributed by atoms with Gasteiger partial charge in [0.1, 0.15) is 5.84 Å². The highest BCUT2D eigenvalue weighted by Gasteiger charge is 2.26. The first-order valence-electron chi connectivity index (χ1n) is 5.60. The van der Waals surface area contributed by atoms with Gasteiger partial charge in [-0.15, -0.1) is 0 Å². The van der Waals surface area contributed by atoms with Crippen molar-refractivity contribution in [1.82, 2.24) is 5.32 Å². The summed E-state index contributed by atoms with van der Waals surface area (Å²) in [7, 11) is 0. The number of carbonyl (C=O) groups is 2. The van der Waals surface area contributed by atoms with Gasteiger partial charge in [0.05, 0.1) is 18.7 Å². The maximum Gasteiger partial charge on any atom is 0.412 e. The van der Waals surface area contributed by atoms with Crippen molar-refractivity contribution < 1.29 is 14.3 Å². The first kappa shape index (κ1) is 12.1. The molecule has 0 unspecified atom stereocenters. The first-order valence-corrected chi connectivity index (χ1v) is 5.60. The molecule has 1 heterocycles. The molecule has 94 valence electrons. The van der Waals surface area contributed by atoms with Gasteiger partial charge in [-0.3, -0.25) is 10.1 Å². The molecule has 18 heavy (non-hydrogen) atoms. The summed E-state index contributed by atoms with van der Waals surface area (Å²) < 4.78 is 4.72. The van der Waals surface area contributed by atoms with Gasteiger partial charge in [-0.05, 0) is 19.1 Å². The van der Waals surface area contributed by atoms with E-state index >= 15 is 0 Å². The molecule has 0 radical (unpaired) electrons. The number of rotatable bonds is 2. The molecule has 2 amide bonds. The van der Waals surface area contributed by atoms with E-state index in [4.69, 9.17) is 4.74 Å². The third-order valence-corrected chi connectivity index (χ3v) is 2.30. The second-order valence-electron chi connectivity index (χ2n) is 3.61. The Morgan fingerprint density at radius 2 is 2.17 bits per heavy atom. The van der Waals surface area contributed by atoms with Crippen LogP contribution in [0.5, 0.6) is 0 Å². The van der Waals surface area contributed by atoms with Gasteiger partial charge in [-0.1, -0.05) is 18.2 Å². The number of hydrogen-bond donors (Lipinski definition) is 1. The number of hydrogen-bond acceptors (Lipinski definition) is 4. The molecule has 0 aromatic heterocycles. The Bertz CT molecular complexity index is 485. The zero-order valence-electron chi connectivity index (χ0n) is 9.92. The number of amidine groups is 1. The van der Waals surface area contributed by atoms with E-state index in [0.717, 1.165) is 0 Å². The van der Waals surface area contributed by atoms with Crippen molar-refractivity contribution in [2.75, 3.05) is 11.6 Å². The van der Waals surface area contributed by atoms with Crippen molar-refractivity contribution in [3.05, 3.63) is 30.3 Å². The largest absolute Gasteiger partial charge is 0.450 e. The van der Waals surface area contributed by atoms with Crippen molar-refractivity contribution in [3.8, 4) is 0 Å². The van der Waals surface area contributed by atoms with E-state index in [1.165, 1.54) is 5.01 Å². The van der Waals surface area contributed by atoms with Crippen LogP contribution in [0.15, 0.2) is 35.4 Å². The Morgan fingerprint density at radius 1 is 1.44 bits per heavy atom. The van der Waals surface area contributed by atoms with Gasteiger partial charge in [0.25, 0.3) is 5.91 Å². The molecule has 0 bridgehead atoms. The molecule has 0 fully saturated rings. The molecule has 6 heteroatoms. The molecule has 1 aliphatic heterocycles. The molecule has 0 atom stereocenters. The number of amides is 2. The number of alkyl carbamates (subject to hydrolysis) is 1. The zero-order chi connectivity index (χ0) is 13.0. The van der Waals surface area contributed by atoms with Crippen LogP contribution in [0.25, 0.3) is 0 Å². The number of nitrogens with zero attached hydrogens (tertiary/aromatic N) is 2. The lowest BCUT2D eigenvalue weighted by molar-refractivity contribution is -0.116. The highest BCUT2D eigenvalue weighted by atomic mass is 16.5. The molecule has 2 rings (SSSR count). The molecule has 0 saturated carbocycles. The van der Waals surface area contributed by atoms with Gasteiger partial charge >= 0.3 is 6.09 Å². The fourth-order valence-corrected chi connectivity index (χ4v) is 1.56. The monoisotopic (exact) mass is 247 g/mol. The average molecular weight is 247 g/mol. The molecule has 1 aromatic carbocycles. The summed E-state index contributed by atoms with van der Waals surface area (Å²) in [6.07, 6.45) is -0.535. The van der Waals surface area contributed by atoms with E-state index in [1.54, 1.807) is 19.1 Å². The van der Waals surface area contributed by atoms with Crippen LogP contribution < -0.4 is 10.3 Å². The molecule has 0 aliphatic carbocycles. The summed E-state index contributed by atoms with van der Waals surface area (Å²) in [5.74, 6) is 0.107. The summed E-state index contributed by atoms with van der Waals surface area (Å²) in [6, 6.07) is 9.03. The molecule has 1 N–H and O–H groups in total. The number of hydrazone groups is 1. The van der Waals surface area contributed by atoms with E-state index < -0.39 is 6.09 Å². The highest BCUT2D eigenvalue weighted by molar-refractivity contribution is 6.15. The Labute approximate surface area is 104 Å². The zero-order valence-corrected chi connectivity index (χ0v) is 9.92. The van der Waals surface area contributed by atoms with Crippen LogP contribution in [0.4, 0.5) is 10.5 Å². The minimum Gasteiger partial charge on any atom is -0.450 e. The van der Waals surface area contributed by atoms with E-state index in [2.05, 4.69) is 10.4 Å². The number of nitrogens with one attached hydrogen (secondary N) is 1. The summed E-state index contributed by atoms with van der Waals surface area (Å²) >= 11 is 0. The van der Waals surface area contributed by atoms with Crippen molar-refractivity contribution in [3.63, 3.8) is 0 Å². The fourth-order valence-electron chi connectivity index (χ4n) is 1.56. The standard InChI is InChI=1S/C12H13N3O3/c1-2-18-12(17)13-10-8-11(16)15(14-10)9-6-4-3-5-7-9/h3-7H,2,8H2,1H3,(H,13,14,17). The van der Waals surface area contributed by atoms with Crippen LogP contribution in [0.3, 0.4) is 0 Å². The van der Waals surface area contributed by atoms with Crippen LogP contribution in [0, 0.1) is 0 Å². The lowest BCUT2D eigenvalue weighted by Gasteiger charge is -2.10. The van der Waals surface area contributed by atoms with Gasteiger partial charge < -0.3 is 4.74 Å². The number of carbonyl (C=O) groups excluding carboxylic acids is 2. The maximum absolute atomic E-state index is 11.7. The van der Waals surface area contributed by atoms with Gasteiger partial charge in [0, 0.05) is 0 Å². The molecule has 0 spiro atoms. The Morgan fingerprint density at radius 3 is 2.83 bits per heavy atom. The fraction of sp³-hybridized carbons (Fsp3) is 0.250. The second kappa shape index (κ2) is 5.31. The topological polar surface area (TPSA) is 71.0 Å². The molecular formula is C12H13N3O3. The SMILES string of the molecule is CCOC(=O)NC1=NN(c2ccccc2)C(=O)C1. The van der Waals surface area contributed by atoms with Crippen molar-refractivity contribution in [1.29, 1.82) is 0 Å².